The van der Waals surface area contributed by atoms with Crippen molar-refractivity contribution in [1.82, 2.24) is 0 Å². The highest BCUT2D eigenvalue weighted by atomic mass is 14.6. The van der Waals surface area contributed by atoms with Crippen molar-refractivity contribution in [3.8, 4) is 0 Å². The van der Waals surface area contributed by atoms with Crippen molar-refractivity contribution in [2.24, 2.45) is 11.8 Å². The molecule has 0 radical (unpaired) electrons. The van der Waals surface area contributed by atoms with Gasteiger partial charge in [0.25, 0.3) is 0 Å². The summed E-state index contributed by atoms with van der Waals surface area (Å²) in [5.74, 6) is 1.36. The fourth-order valence-electron chi connectivity index (χ4n) is 7.90. The molecule has 0 heterocycles. The molecule has 2 aromatic carbocycles. The van der Waals surface area contributed by atoms with E-state index in [1.807, 2.05) is 5.57 Å². The molecule has 0 amide bonds. The van der Waals surface area contributed by atoms with Crippen LogP contribution in [0, 0.1) is 18.8 Å². The van der Waals surface area contributed by atoms with Gasteiger partial charge in [0.1, 0.15) is 0 Å². The van der Waals surface area contributed by atoms with Crippen LogP contribution in [0.15, 0.2) is 65.3 Å². The SMILES string of the molecule is Cc1c2c3c(c4ccccc14)C1=C4C(CCCC43C=CC2)C(C)C2=C1CCCC=C2. The molecule has 0 aliphatic heterocycles. The van der Waals surface area contributed by atoms with Crippen LogP contribution in [0.2, 0.25) is 0 Å². The highest BCUT2D eigenvalue weighted by Crippen LogP contribution is 2.66. The van der Waals surface area contributed by atoms with Gasteiger partial charge >= 0.3 is 0 Å². The van der Waals surface area contributed by atoms with Crippen molar-refractivity contribution in [2.75, 3.05) is 0 Å². The third kappa shape index (κ3) is 1.90. The van der Waals surface area contributed by atoms with Gasteiger partial charge in [0.05, 0.1) is 0 Å². The Labute approximate surface area is 180 Å². The molecule has 2 aromatic rings. The number of hydrogen-bond acceptors (Lipinski definition) is 0. The smallest absolute Gasteiger partial charge is 0.0363 e. The molecule has 7 rings (SSSR count). The fourth-order valence-corrected chi connectivity index (χ4v) is 7.90. The second kappa shape index (κ2) is 5.88. The van der Waals surface area contributed by atoms with Crippen LogP contribution in [0.25, 0.3) is 16.3 Å². The zero-order valence-corrected chi connectivity index (χ0v) is 18.2. The molecule has 5 aliphatic carbocycles. The van der Waals surface area contributed by atoms with Crippen molar-refractivity contribution in [2.45, 2.75) is 64.2 Å². The summed E-state index contributed by atoms with van der Waals surface area (Å²) in [5, 5.41) is 2.98. The summed E-state index contributed by atoms with van der Waals surface area (Å²) in [6, 6.07) is 9.27. The molecule has 3 atom stereocenters. The minimum atomic E-state index is 0.179. The number of hydrogen-bond donors (Lipinski definition) is 0. The Morgan fingerprint density at radius 2 is 1.90 bits per heavy atom. The van der Waals surface area contributed by atoms with Gasteiger partial charge < -0.3 is 0 Å². The summed E-state index contributed by atoms with van der Waals surface area (Å²) >= 11 is 0. The Morgan fingerprint density at radius 3 is 2.80 bits per heavy atom. The first-order valence-corrected chi connectivity index (χ1v) is 12.1. The molecule has 3 unspecified atom stereocenters. The van der Waals surface area contributed by atoms with Gasteiger partial charge in [0, 0.05) is 5.41 Å². The van der Waals surface area contributed by atoms with Crippen molar-refractivity contribution < 1.29 is 0 Å². The lowest BCUT2D eigenvalue weighted by atomic mass is 9.57. The van der Waals surface area contributed by atoms with E-state index in [9.17, 15) is 0 Å². The molecule has 0 saturated heterocycles. The Kier molecular flexibility index (Phi) is 3.40. The molecule has 0 heteroatoms. The normalized spacial score (nSPS) is 31.0. The molecular weight excluding hydrogens is 360 g/mol. The highest BCUT2D eigenvalue weighted by molar-refractivity contribution is 6.07. The van der Waals surface area contributed by atoms with E-state index in [1.165, 1.54) is 54.9 Å². The molecule has 1 saturated carbocycles. The van der Waals surface area contributed by atoms with Crippen LogP contribution in [0.1, 0.15) is 67.7 Å². The van der Waals surface area contributed by atoms with Crippen molar-refractivity contribution in [3.05, 3.63) is 87.5 Å². The average Bonchev–Trinajstić information content (AvgIpc) is 2.90. The minimum absolute atomic E-state index is 0.179. The third-order valence-corrected chi connectivity index (χ3v) is 9.07. The molecule has 0 N–H and O–H groups in total. The van der Waals surface area contributed by atoms with Gasteiger partial charge in [-0.2, -0.15) is 0 Å². The van der Waals surface area contributed by atoms with Crippen LogP contribution in [0.4, 0.5) is 0 Å². The summed E-state index contributed by atoms with van der Waals surface area (Å²) in [4.78, 5) is 0. The minimum Gasteiger partial charge on any atom is -0.0842 e. The molecule has 1 spiro atoms. The van der Waals surface area contributed by atoms with Gasteiger partial charge in [0.15, 0.2) is 0 Å². The van der Waals surface area contributed by atoms with Crippen LogP contribution < -0.4 is 0 Å². The average molecular weight is 391 g/mol. The van der Waals surface area contributed by atoms with Gasteiger partial charge in [-0.15, -0.1) is 0 Å². The molecule has 0 aromatic heterocycles. The lowest BCUT2D eigenvalue weighted by molar-refractivity contribution is 0.313. The Bertz CT molecular complexity index is 1240. The summed E-state index contributed by atoms with van der Waals surface area (Å²) < 4.78 is 0. The molecule has 5 aliphatic rings. The molecule has 0 bridgehead atoms. The van der Waals surface area contributed by atoms with Gasteiger partial charge in [0.2, 0.25) is 0 Å². The zero-order chi connectivity index (χ0) is 20.0. The fraction of sp³-hybridized carbons (Fsp3) is 0.400. The van der Waals surface area contributed by atoms with Crippen LogP contribution in [0.5, 0.6) is 0 Å². The quantitative estimate of drug-likeness (QED) is 0.403. The first-order chi connectivity index (χ1) is 14.7. The van der Waals surface area contributed by atoms with Gasteiger partial charge in [-0.3, -0.25) is 0 Å². The molecule has 150 valence electrons. The predicted molar refractivity (Wildman–Crippen MR) is 127 cm³/mol. The van der Waals surface area contributed by atoms with Gasteiger partial charge in [-0.1, -0.05) is 61.9 Å². The van der Waals surface area contributed by atoms with E-state index >= 15 is 0 Å². The number of allylic oxidation sites excluding steroid dienone is 8. The Hall–Kier alpha value is -2.34. The number of rotatable bonds is 0. The predicted octanol–water partition coefficient (Wildman–Crippen LogP) is 7.75. The zero-order valence-electron chi connectivity index (χ0n) is 18.2. The first kappa shape index (κ1) is 17.4. The standard InChI is InChI=1S/C30H30/c1-18-20-10-4-3-5-12-24(20)26-27-25-13-7-6-11-21(25)19(2)23-15-9-17-30(29(23)27)16-8-14-22(18)28(26)30/h4,6-7,9-11,13,17-18,22H,3,5,8,12,14-16H2,1-2H3. The maximum atomic E-state index is 2.65. The summed E-state index contributed by atoms with van der Waals surface area (Å²) in [5.41, 5.74) is 13.6. The molecular formula is C30H30. The van der Waals surface area contributed by atoms with Crippen molar-refractivity contribution in [3.63, 3.8) is 0 Å². The highest BCUT2D eigenvalue weighted by Gasteiger charge is 2.54. The largest absolute Gasteiger partial charge is 0.0842 e. The van der Waals surface area contributed by atoms with Crippen LogP contribution >= 0.6 is 0 Å². The summed E-state index contributed by atoms with van der Waals surface area (Å²) in [6.45, 7) is 4.91. The van der Waals surface area contributed by atoms with E-state index < -0.39 is 0 Å². The maximum absolute atomic E-state index is 2.65. The maximum Gasteiger partial charge on any atom is 0.0363 e. The monoisotopic (exact) mass is 390 g/mol. The Morgan fingerprint density at radius 1 is 1.03 bits per heavy atom. The third-order valence-electron chi connectivity index (χ3n) is 9.07. The molecule has 0 nitrogen and oxygen atoms in total. The summed E-state index contributed by atoms with van der Waals surface area (Å²) in [7, 11) is 0. The molecule has 1 fully saturated rings. The number of aryl methyl sites for hydroxylation is 1. The van der Waals surface area contributed by atoms with E-state index in [0.29, 0.717) is 11.8 Å². The van der Waals surface area contributed by atoms with Crippen LogP contribution in [-0.2, 0) is 11.8 Å². The Balaban J connectivity index is 1.68. The molecule has 30 heavy (non-hydrogen) atoms. The number of benzene rings is 2. The summed E-state index contributed by atoms with van der Waals surface area (Å²) in [6.07, 6.45) is 19.0. The van der Waals surface area contributed by atoms with E-state index in [2.05, 4.69) is 62.4 Å². The van der Waals surface area contributed by atoms with E-state index in [1.54, 1.807) is 33.4 Å². The number of fused-ring (bicyclic) bond motifs is 4. The van der Waals surface area contributed by atoms with E-state index in [4.69, 9.17) is 0 Å². The first-order valence-electron chi connectivity index (χ1n) is 12.1. The lowest BCUT2D eigenvalue weighted by Gasteiger charge is -2.46. The van der Waals surface area contributed by atoms with E-state index in [-0.39, 0.29) is 5.41 Å². The lowest BCUT2D eigenvalue weighted by Crippen LogP contribution is -2.38. The van der Waals surface area contributed by atoms with Crippen molar-refractivity contribution in [1.29, 1.82) is 0 Å². The van der Waals surface area contributed by atoms with Gasteiger partial charge in [-0.25, -0.2) is 0 Å². The van der Waals surface area contributed by atoms with Crippen LogP contribution in [-0.4, -0.2) is 0 Å². The van der Waals surface area contributed by atoms with Crippen LogP contribution in [0.3, 0.4) is 0 Å². The van der Waals surface area contributed by atoms with E-state index in [0.717, 1.165) is 6.42 Å². The van der Waals surface area contributed by atoms with Crippen molar-refractivity contribution >= 4 is 16.3 Å². The second-order valence-electron chi connectivity index (χ2n) is 10.3. The topological polar surface area (TPSA) is 0 Å². The second-order valence-corrected chi connectivity index (χ2v) is 10.3. The van der Waals surface area contributed by atoms with Gasteiger partial charge in [-0.05, 0) is 113 Å².